The van der Waals surface area contributed by atoms with Crippen molar-refractivity contribution in [2.24, 2.45) is 11.3 Å². The summed E-state index contributed by atoms with van der Waals surface area (Å²) in [6.07, 6.45) is 2.27. The van der Waals surface area contributed by atoms with Crippen molar-refractivity contribution in [3.63, 3.8) is 0 Å². The van der Waals surface area contributed by atoms with E-state index in [0.29, 0.717) is 12.3 Å². The highest BCUT2D eigenvalue weighted by atomic mass is 16.5. The number of likely N-dealkylation sites (tertiary alicyclic amines) is 2. The van der Waals surface area contributed by atoms with E-state index in [-0.39, 0.29) is 17.9 Å². The van der Waals surface area contributed by atoms with Crippen LogP contribution >= 0.6 is 0 Å². The molecule has 7 nitrogen and oxygen atoms in total. The number of piperidine rings is 1. The van der Waals surface area contributed by atoms with Crippen LogP contribution in [0.3, 0.4) is 0 Å². The van der Waals surface area contributed by atoms with Crippen LogP contribution in [0, 0.1) is 25.2 Å². The average molecular weight is 365 g/mol. The molecule has 0 aromatic carbocycles. The second kappa shape index (κ2) is 8.06. The number of amides is 1. The van der Waals surface area contributed by atoms with Crippen molar-refractivity contribution in [2.75, 3.05) is 53.0 Å². The van der Waals surface area contributed by atoms with Crippen LogP contribution in [-0.4, -0.2) is 79.0 Å². The highest BCUT2D eigenvalue weighted by Gasteiger charge is 2.47. The number of ether oxygens (including phenoxy) is 1. The highest BCUT2D eigenvalue weighted by Crippen LogP contribution is 2.44. The first-order valence-corrected chi connectivity index (χ1v) is 9.51. The molecular formula is C19H31N3O4. The Morgan fingerprint density at radius 1 is 1.38 bits per heavy atom. The topological polar surface area (TPSA) is 79.0 Å². The Morgan fingerprint density at radius 3 is 2.69 bits per heavy atom. The van der Waals surface area contributed by atoms with Gasteiger partial charge in [-0.15, -0.1) is 0 Å². The Kier molecular flexibility index (Phi) is 5.99. The monoisotopic (exact) mass is 365 g/mol. The van der Waals surface area contributed by atoms with Crippen LogP contribution in [0.25, 0.3) is 0 Å². The second-order valence-corrected chi connectivity index (χ2v) is 7.83. The molecule has 1 unspecified atom stereocenters. The van der Waals surface area contributed by atoms with E-state index in [4.69, 9.17) is 9.26 Å². The maximum Gasteiger partial charge on any atom is 0.227 e. The Morgan fingerprint density at radius 2 is 2.12 bits per heavy atom. The number of nitrogens with zero attached hydrogens (tertiary/aromatic N) is 3. The van der Waals surface area contributed by atoms with E-state index in [1.807, 2.05) is 18.7 Å². The van der Waals surface area contributed by atoms with Gasteiger partial charge >= 0.3 is 0 Å². The lowest BCUT2D eigenvalue weighted by molar-refractivity contribution is -0.133. The lowest BCUT2D eigenvalue weighted by Gasteiger charge is -2.42. The highest BCUT2D eigenvalue weighted by molar-refractivity contribution is 5.79. The first-order chi connectivity index (χ1) is 12.5. The molecular weight excluding hydrogens is 334 g/mol. The van der Waals surface area contributed by atoms with E-state index in [2.05, 4.69) is 10.1 Å². The number of hydrogen-bond donors (Lipinski definition) is 1. The molecule has 2 saturated heterocycles. The number of rotatable bonds is 6. The lowest BCUT2D eigenvalue weighted by atomic mass is 9.71. The second-order valence-electron chi connectivity index (χ2n) is 7.83. The molecule has 3 heterocycles. The Balaban J connectivity index is 1.58. The molecule has 3 rings (SSSR count). The third-order valence-corrected chi connectivity index (χ3v) is 6.34. The zero-order valence-electron chi connectivity index (χ0n) is 16.2. The Bertz CT molecular complexity index is 603. The summed E-state index contributed by atoms with van der Waals surface area (Å²) in [4.78, 5) is 17.1. The predicted octanol–water partition coefficient (Wildman–Crippen LogP) is 1.01. The van der Waals surface area contributed by atoms with E-state index in [9.17, 15) is 9.90 Å². The summed E-state index contributed by atoms with van der Waals surface area (Å²) in [5.41, 5.74) is 1.84. The number of carbonyl (C=O) groups is 1. The summed E-state index contributed by atoms with van der Waals surface area (Å²) in [6.45, 7) is 9.01. The van der Waals surface area contributed by atoms with Gasteiger partial charge in [0, 0.05) is 57.9 Å². The number of aliphatic hydroxyl groups excluding tert-OH is 1. The number of carbonyl (C=O) groups excluding carboxylic acids is 1. The number of hydrogen-bond acceptors (Lipinski definition) is 6. The van der Waals surface area contributed by atoms with Crippen molar-refractivity contribution in [1.29, 1.82) is 0 Å². The number of aliphatic hydroxyl groups is 1. The van der Waals surface area contributed by atoms with Gasteiger partial charge in [-0.25, -0.2) is 0 Å². The van der Waals surface area contributed by atoms with Crippen LogP contribution in [0.2, 0.25) is 0 Å². The van der Waals surface area contributed by atoms with Gasteiger partial charge in [0.1, 0.15) is 5.76 Å². The number of aryl methyl sites for hydroxylation is 2. The summed E-state index contributed by atoms with van der Waals surface area (Å²) in [6, 6.07) is 0. The van der Waals surface area contributed by atoms with Gasteiger partial charge in [0.25, 0.3) is 0 Å². The van der Waals surface area contributed by atoms with Gasteiger partial charge < -0.3 is 24.2 Å². The molecule has 1 N–H and O–H groups in total. The van der Waals surface area contributed by atoms with Crippen molar-refractivity contribution < 1.29 is 19.2 Å². The molecule has 0 radical (unpaired) electrons. The average Bonchev–Trinajstić information content (AvgIpc) is 3.14. The molecule has 1 amide bonds. The summed E-state index contributed by atoms with van der Waals surface area (Å²) < 4.78 is 10.4. The number of aromatic nitrogens is 1. The minimum Gasteiger partial charge on any atom is -0.396 e. The van der Waals surface area contributed by atoms with Crippen LogP contribution in [0.15, 0.2) is 4.52 Å². The van der Waals surface area contributed by atoms with Gasteiger partial charge in [-0.05, 0) is 32.1 Å². The molecule has 1 aromatic rings. The third kappa shape index (κ3) is 3.80. The van der Waals surface area contributed by atoms with E-state index >= 15 is 0 Å². The maximum atomic E-state index is 12.7. The fourth-order valence-electron chi connectivity index (χ4n) is 4.57. The van der Waals surface area contributed by atoms with Gasteiger partial charge in [-0.1, -0.05) is 5.16 Å². The van der Waals surface area contributed by atoms with E-state index in [0.717, 1.165) is 69.2 Å². The van der Waals surface area contributed by atoms with E-state index < -0.39 is 0 Å². The zero-order chi connectivity index (χ0) is 18.7. The lowest BCUT2D eigenvalue weighted by Crippen LogP contribution is -2.47. The minimum atomic E-state index is 0.127. The van der Waals surface area contributed by atoms with Crippen molar-refractivity contribution in [1.82, 2.24) is 15.0 Å². The molecule has 1 spiro atoms. The number of methoxy groups -OCH3 is 1. The predicted molar refractivity (Wildman–Crippen MR) is 96.8 cm³/mol. The van der Waals surface area contributed by atoms with Crippen LogP contribution in [0.1, 0.15) is 29.9 Å². The smallest absolute Gasteiger partial charge is 0.227 e. The van der Waals surface area contributed by atoms with E-state index in [1.54, 1.807) is 7.11 Å². The Hall–Kier alpha value is -1.44. The van der Waals surface area contributed by atoms with Crippen molar-refractivity contribution in [2.45, 2.75) is 33.1 Å². The van der Waals surface area contributed by atoms with Crippen LogP contribution < -0.4 is 0 Å². The minimum absolute atomic E-state index is 0.127. The summed E-state index contributed by atoms with van der Waals surface area (Å²) in [5.74, 6) is 1.16. The normalized spacial score (nSPS) is 23.1. The van der Waals surface area contributed by atoms with Gasteiger partial charge in [0.05, 0.1) is 18.7 Å². The van der Waals surface area contributed by atoms with Gasteiger partial charge in [-0.2, -0.15) is 0 Å². The fourth-order valence-corrected chi connectivity index (χ4v) is 4.57. The van der Waals surface area contributed by atoms with Gasteiger partial charge in [0.15, 0.2) is 0 Å². The maximum absolute atomic E-state index is 12.7. The summed E-state index contributed by atoms with van der Waals surface area (Å²) in [5, 5.41) is 13.8. The van der Waals surface area contributed by atoms with Crippen molar-refractivity contribution >= 4 is 5.91 Å². The summed E-state index contributed by atoms with van der Waals surface area (Å²) in [7, 11) is 1.72. The molecule has 2 aliphatic heterocycles. The summed E-state index contributed by atoms with van der Waals surface area (Å²) >= 11 is 0. The molecule has 2 aliphatic rings. The molecule has 146 valence electrons. The van der Waals surface area contributed by atoms with Crippen molar-refractivity contribution in [3.05, 3.63) is 17.0 Å². The van der Waals surface area contributed by atoms with Crippen LogP contribution in [0.4, 0.5) is 0 Å². The fraction of sp³-hybridized carbons (Fsp3) is 0.789. The molecule has 7 heteroatoms. The SMILES string of the molecule is COCCN1CC(CO)C2(CCN(C(=O)Cc3c(C)noc3C)CC2)C1. The first kappa shape index (κ1) is 19.3. The molecule has 26 heavy (non-hydrogen) atoms. The van der Waals surface area contributed by atoms with E-state index in [1.165, 1.54) is 0 Å². The third-order valence-electron chi connectivity index (χ3n) is 6.34. The molecule has 1 aromatic heterocycles. The molecule has 0 aliphatic carbocycles. The van der Waals surface area contributed by atoms with Crippen molar-refractivity contribution in [3.8, 4) is 0 Å². The molecule has 2 fully saturated rings. The zero-order valence-corrected chi connectivity index (χ0v) is 16.2. The standard InChI is InChI=1S/C19H31N3O4/c1-14-17(15(2)26-20-14)10-18(24)22-6-4-19(5-7-22)13-21(8-9-25-3)11-16(19)12-23/h16,23H,4-13H2,1-3H3. The van der Waals surface area contributed by atoms with Gasteiger partial charge in [0.2, 0.25) is 5.91 Å². The Labute approximate surface area is 155 Å². The van der Waals surface area contributed by atoms with Gasteiger partial charge in [-0.3, -0.25) is 4.79 Å². The molecule has 0 saturated carbocycles. The quantitative estimate of drug-likeness (QED) is 0.811. The molecule has 1 atom stereocenters. The first-order valence-electron chi connectivity index (χ1n) is 9.51. The van der Waals surface area contributed by atoms with Crippen LogP contribution in [-0.2, 0) is 16.0 Å². The molecule has 0 bridgehead atoms. The largest absolute Gasteiger partial charge is 0.396 e. The van der Waals surface area contributed by atoms with Crippen LogP contribution in [0.5, 0.6) is 0 Å².